The zero-order valence-corrected chi connectivity index (χ0v) is 12.2. The molecule has 0 aliphatic carbocycles. The lowest BCUT2D eigenvalue weighted by molar-refractivity contribution is 0.0944. The third kappa shape index (κ3) is 3.26. The number of halogens is 3. The average Bonchev–Trinajstić information content (AvgIpc) is 2.87. The summed E-state index contributed by atoms with van der Waals surface area (Å²) in [7, 11) is 0. The molecule has 1 aromatic carbocycles. The first-order valence-corrected chi connectivity index (χ1v) is 7.11. The molecule has 6 heteroatoms. The Hall–Kier alpha value is -1.10. The van der Waals surface area contributed by atoms with Gasteiger partial charge in [-0.1, -0.05) is 29.3 Å². The van der Waals surface area contributed by atoms with Gasteiger partial charge in [0.05, 0.1) is 15.9 Å². The lowest BCUT2D eigenvalue weighted by Gasteiger charge is -2.15. The molecule has 19 heavy (non-hydrogen) atoms. The maximum Gasteiger partial charge on any atom is 0.261 e. The number of benzene rings is 1. The van der Waals surface area contributed by atoms with Gasteiger partial charge in [0.15, 0.2) is 0 Å². The van der Waals surface area contributed by atoms with Crippen molar-refractivity contribution in [1.82, 2.24) is 5.32 Å². The maximum absolute atomic E-state index is 13.4. The monoisotopic (exact) mass is 317 g/mol. The molecule has 0 bridgehead atoms. The minimum atomic E-state index is -0.557. The molecule has 100 valence electrons. The number of hydrogen-bond acceptors (Lipinski definition) is 2. The lowest BCUT2D eigenvalue weighted by atomic mass is 10.1. The largest absolute Gasteiger partial charge is 0.345 e. The van der Waals surface area contributed by atoms with Crippen molar-refractivity contribution >= 4 is 40.4 Å². The number of thiophene rings is 1. The molecule has 0 saturated carbocycles. The van der Waals surface area contributed by atoms with Gasteiger partial charge in [0.2, 0.25) is 0 Å². The van der Waals surface area contributed by atoms with Gasteiger partial charge in [-0.2, -0.15) is 0 Å². The fourth-order valence-electron chi connectivity index (χ4n) is 1.62. The second-order valence-corrected chi connectivity index (χ2v) is 5.72. The van der Waals surface area contributed by atoms with Crippen molar-refractivity contribution in [2.24, 2.45) is 0 Å². The van der Waals surface area contributed by atoms with E-state index in [-0.39, 0.29) is 10.9 Å². The summed E-state index contributed by atoms with van der Waals surface area (Å²) in [5, 5.41) is 4.87. The zero-order chi connectivity index (χ0) is 14.0. The highest BCUT2D eigenvalue weighted by Gasteiger charge is 2.16. The Balaban J connectivity index is 2.18. The molecule has 1 atom stereocenters. The summed E-state index contributed by atoms with van der Waals surface area (Å²) < 4.78 is 13.4. The smallest absolute Gasteiger partial charge is 0.261 e. The highest BCUT2D eigenvalue weighted by molar-refractivity contribution is 7.12. The summed E-state index contributed by atoms with van der Waals surface area (Å²) >= 11 is 13.0. The standard InChI is InChI=1S/C13H10Cl2FNOS/c1-7(17-13(18)12-3-2-4-19-12)8-5-11(16)10(15)6-9(8)14/h2-7H,1H3,(H,17,18). The molecule has 2 aromatic rings. The van der Waals surface area contributed by atoms with Crippen LogP contribution < -0.4 is 5.32 Å². The van der Waals surface area contributed by atoms with Crippen LogP contribution in [0.1, 0.15) is 28.2 Å². The molecule has 0 aliphatic heterocycles. The first-order chi connectivity index (χ1) is 8.99. The summed E-state index contributed by atoms with van der Waals surface area (Å²) in [6.07, 6.45) is 0. The molecule has 0 spiro atoms. The van der Waals surface area contributed by atoms with Crippen molar-refractivity contribution in [1.29, 1.82) is 0 Å². The number of carbonyl (C=O) groups excluding carboxylic acids is 1. The molecule has 1 N–H and O–H groups in total. The molecular formula is C13H10Cl2FNOS. The van der Waals surface area contributed by atoms with Crippen LogP contribution in [0.5, 0.6) is 0 Å². The normalized spacial score (nSPS) is 12.2. The molecule has 1 unspecified atom stereocenters. The second kappa shape index (κ2) is 5.90. The van der Waals surface area contributed by atoms with E-state index in [4.69, 9.17) is 23.2 Å². The Bertz CT molecular complexity index is 601. The fourth-order valence-corrected chi connectivity index (χ4v) is 2.80. The van der Waals surface area contributed by atoms with E-state index in [2.05, 4.69) is 5.32 Å². The molecule has 0 radical (unpaired) electrons. The van der Waals surface area contributed by atoms with E-state index >= 15 is 0 Å². The molecule has 1 aromatic heterocycles. The number of rotatable bonds is 3. The fraction of sp³-hybridized carbons (Fsp3) is 0.154. The highest BCUT2D eigenvalue weighted by atomic mass is 35.5. The van der Waals surface area contributed by atoms with Gasteiger partial charge >= 0.3 is 0 Å². The molecule has 1 heterocycles. The van der Waals surface area contributed by atoms with Crippen LogP contribution in [0.4, 0.5) is 4.39 Å². The van der Waals surface area contributed by atoms with Gasteiger partial charge in [-0.25, -0.2) is 4.39 Å². The van der Waals surface area contributed by atoms with Crippen LogP contribution in [0, 0.1) is 5.82 Å². The Morgan fingerprint density at radius 2 is 2.11 bits per heavy atom. The number of carbonyl (C=O) groups is 1. The zero-order valence-electron chi connectivity index (χ0n) is 9.91. The number of amides is 1. The van der Waals surface area contributed by atoms with Crippen molar-refractivity contribution < 1.29 is 9.18 Å². The first-order valence-electron chi connectivity index (χ1n) is 5.48. The van der Waals surface area contributed by atoms with Crippen LogP contribution in [-0.2, 0) is 0 Å². The van der Waals surface area contributed by atoms with Gasteiger partial charge in [0, 0.05) is 5.02 Å². The SMILES string of the molecule is CC(NC(=O)c1cccs1)c1cc(F)c(Cl)cc1Cl. The van der Waals surface area contributed by atoms with E-state index in [0.29, 0.717) is 15.5 Å². The molecule has 2 nitrogen and oxygen atoms in total. The topological polar surface area (TPSA) is 29.1 Å². The molecular weight excluding hydrogens is 308 g/mol. The van der Waals surface area contributed by atoms with Crippen molar-refractivity contribution in [3.8, 4) is 0 Å². The predicted molar refractivity (Wildman–Crippen MR) is 76.6 cm³/mol. The van der Waals surface area contributed by atoms with E-state index < -0.39 is 11.9 Å². The van der Waals surface area contributed by atoms with E-state index in [9.17, 15) is 9.18 Å². The average molecular weight is 318 g/mol. The Morgan fingerprint density at radius 3 is 2.74 bits per heavy atom. The van der Waals surface area contributed by atoms with Crippen LogP contribution in [0.25, 0.3) is 0 Å². The van der Waals surface area contributed by atoms with Crippen LogP contribution in [0.3, 0.4) is 0 Å². The number of nitrogens with one attached hydrogen (secondary N) is 1. The Kier molecular flexibility index (Phi) is 4.45. The second-order valence-electron chi connectivity index (χ2n) is 3.96. The summed E-state index contributed by atoms with van der Waals surface area (Å²) in [4.78, 5) is 12.5. The molecule has 0 saturated heterocycles. The van der Waals surface area contributed by atoms with Crippen molar-refractivity contribution in [3.05, 3.63) is 55.9 Å². The summed E-state index contributed by atoms with van der Waals surface area (Å²) in [5.41, 5.74) is 0.494. The Morgan fingerprint density at radius 1 is 1.37 bits per heavy atom. The molecule has 1 amide bonds. The molecule has 0 fully saturated rings. The third-order valence-electron chi connectivity index (χ3n) is 2.60. The van der Waals surface area contributed by atoms with Crippen LogP contribution in [-0.4, -0.2) is 5.91 Å². The maximum atomic E-state index is 13.4. The lowest BCUT2D eigenvalue weighted by Crippen LogP contribution is -2.26. The van der Waals surface area contributed by atoms with Crippen molar-refractivity contribution in [2.75, 3.05) is 0 Å². The minimum Gasteiger partial charge on any atom is -0.345 e. The van der Waals surface area contributed by atoms with Gasteiger partial charge in [-0.3, -0.25) is 4.79 Å². The Labute approximate surface area is 124 Å². The van der Waals surface area contributed by atoms with Gasteiger partial charge in [0.25, 0.3) is 5.91 Å². The van der Waals surface area contributed by atoms with Gasteiger partial charge in [-0.05, 0) is 36.1 Å². The highest BCUT2D eigenvalue weighted by Crippen LogP contribution is 2.28. The van der Waals surface area contributed by atoms with Gasteiger partial charge < -0.3 is 5.32 Å². The number of hydrogen-bond donors (Lipinski definition) is 1. The summed E-state index contributed by atoms with van der Waals surface area (Å²) in [6, 6.07) is 5.68. The van der Waals surface area contributed by atoms with Crippen LogP contribution in [0.2, 0.25) is 10.0 Å². The van der Waals surface area contributed by atoms with Crippen LogP contribution in [0.15, 0.2) is 29.6 Å². The van der Waals surface area contributed by atoms with E-state index in [1.165, 1.54) is 23.5 Å². The van der Waals surface area contributed by atoms with E-state index in [0.717, 1.165) is 0 Å². The quantitative estimate of drug-likeness (QED) is 0.818. The third-order valence-corrected chi connectivity index (χ3v) is 4.08. The first kappa shape index (κ1) is 14.3. The summed E-state index contributed by atoms with van der Waals surface area (Å²) in [5.74, 6) is -0.771. The molecule has 2 rings (SSSR count). The van der Waals surface area contributed by atoms with Crippen LogP contribution >= 0.6 is 34.5 Å². The molecule has 0 aliphatic rings. The van der Waals surface area contributed by atoms with E-state index in [1.54, 1.807) is 19.1 Å². The minimum absolute atomic E-state index is 0.0365. The van der Waals surface area contributed by atoms with E-state index in [1.807, 2.05) is 5.38 Å². The van der Waals surface area contributed by atoms with Crippen molar-refractivity contribution in [3.63, 3.8) is 0 Å². The van der Waals surface area contributed by atoms with Crippen molar-refractivity contribution in [2.45, 2.75) is 13.0 Å². The van der Waals surface area contributed by atoms with Gasteiger partial charge in [-0.15, -0.1) is 11.3 Å². The summed E-state index contributed by atoms with van der Waals surface area (Å²) in [6.45, 7) is 1.74. The predicted octanol–water partition coefficient (Wildman–Crippen LogP) is 4.69. The van der Waals surface area contributed by atoms with Gasteiger partial charge in [0.1, 0.15) is 5.82 Å².